The maximum Gasteiger partial charge on any atom is 0.419 e. The zero-order valence-corrected chi connectivity index (χ0v) is 13.2. The van der Waals surface area contributed by atoms with Gasteiger partial charge in [0.1, 0.15) is 16.5 Å². The first-order chi connectivity index (χ1) is 11.9. The van der Waals surface area contributed by atoms with Crippen LogP contribution in [-0.2, 0) is 6.18 Å². The van der Waals surface area contributed by atoms with Gasteiger partial charge in [0.05, 0.1) is 11.8 Å². The lowest BCUT2D eigenvalue weighted by molar-refractivity contribution is -0.138. The molecule has 1 N–H and O–H groups in total. The van der Waals surface area contributed by atoms with E-state index in [-0.39, 0.29) is 16.5 Å². The Kier molecular flexibility index (Phi) is 4.50. The summed E-state index contributed by atoms with van der Waals surface area (Å²) in [6, 6.07) is 11.1. The molecular formula is C17H10ClF3N2O2. The van der Waals surface area contributed by atoms with E-state index >= 15 is 0 Å². The van der Waals surface area contributed by atoms with Crippen molar-refractivity contribution in [3.63, 3.8) is 0 Å². The van der Waals surface area contributed by atoms with Crippen LogP contribution in [0.1, 0.15) is 5.56 Å². The smallest absolute Gasteiger partial charge is 0.419 e. The van der Waals surface area contributed by atoms with Crippen LogP contribution >= 0.6 is 11.6 Å². The van der Waals surface area contributed by atoms with Crippen LogP contribution in [0, 0.1) is 0 Å². The number of rotatable bonds is 3. The largest absolute Gasteiger partial charge is 0.457 e. The van der Waals surface area contributed by atoms with Gasteiger partial charge in [0.25, 0.3) is 5.56 Å². The minimum Gasteiger partial charge on any atom is -0.457 e. The summed E-state index contributed by atoms with van der Waals surface area (Å²) in [5, 5.41) is 5.86. The summed E-state index contributed by atoms with van der Waals surface area (Å²) >= 11 is 5.93. The Bertz CT molecular complexity index is 953. The molecule has 0 radical (unpaired) electrons. The number of hydrogen-bond acceptors (Lipinski definition) is 3. The van der Waals surface area contributed by atoms with Crippen LogP contribution in [0.3, 0.4) is 0 Å². The third-order valence-electron chi connectivity index (χ3n) is 3.38. The number of para-hydroxylation sites is 1. The van der Waals surface area contributed by atoms with E-state index in [0.717, 1.165) is 6.07 Å². The number of hydrogen-bond donors (Lipinski definition) is 1. The minimum absolute atomic E-state index is 0.0221. The maximum atomic E-state index is 13.0. The lowest BCUT2D eigenvalue weighted by Gasteiger charge is -2.13. The first-order valence-corrected chi connectivity index (χ1v) is 7.42. The van der Waals surface area contributed by atoms with E-state index in [2.05, 4.69) is 10.2 Å². The first-order valence-electron chi connectivity index (χ1n) is 7.04. The van der Waals surface area contributed by atoms with Crippen molar-refractivity contribution in [2.24, 2.45) is 0 Å². The van der Waals surface area contributed by atoms with Crippen LogP contribution < -0.4 is 10.3 Å². The Balaban J connectivity index is 1.90. The van der Waals surface area contributed by atoms with Crippen molar-refractivity contribution < 1.29 is 17.9 Å². The van der Waals surface area contributed by atoms with E-state index in [0.29, 0.717) is 11.1 Å². The van der Waals surface area contributed by atoms with Gasteiger partial charge in [-0.1, -0.05) is 35.9 Å². The van der Waals surface area contributed by atoms with Crippen molar-refractivity contribution in [2.75, 3.05) is 0 Å². The van der Waals surface area contributed by atoms with E-state index in [1.165, 1.54) is 36.5 Å². The number of nitrogens with zero attached hydrogens (tertiary/aromatic N) is 1. The second-order valence-corrected chi connectivity index (χ2v) is 5.43. The van der Waals surface area contributed by atoms with Crippen molar-refractivity contribution in [2.45, 2.75) is 6.18 Å². The zero-order chi connectivity index (χ0) is 18.0. The minimum atomic E-state index is -4.51. The summed E-state index contributed by atoms with van der Waals surface area (Å²) in [5.41, 5.74) is -0.396. The fraction of sp³-hybridized carbons (Fsp3) is 0.0588. The lowest BCUT2D eigenvalue weighted by Crippen LogP contribution is -2.08. The number of ether oxygens (including phenoxy) is 1. The highest BCUT2D eigenvalue weighted by Crippen LogP contribution is 2.38. The fourth-order valence-electron chi connectivity index (χ4n) is 2.20. The van der Waals surface area contributed by atoms with Gasteiger partial charge in [-0.2, -0.15) is 18.3 Å². The molecule has 1 aromatic heterocycles. The maximum absolute atomic E-state index is 13.0. The van der Waals surface area contributed by atoms with Crippen molar-refractivity contribution in [3.05, 3.63) is 75.7 Å². The van der Waals surface area contributed by atoms with Gasteiger partial charge in [0, 0.05) is 5.56 Å². The van der Waals surface area contributed by atoms with Gasteiger partial charge in [-0.25, -0.2) is 5.10 Å². The fourth-order valence-corrected chi connectivity index (χ4v) is 2.40. The molecule has 4 nitrogen and oxygen atoms in total. The second kappa shape index (κ2) is 6.60. The Morgan fingerprint density at radius 2 is 1.72 bits per heavy atom. The molecule has 0 amide bonds. The van der Waals surface area contributed by atoms with Crippen LogP contribution in [-0.4, -0.2) is 10.2 Å². The molecule has 0 aliphatic carbocycles. The highest BCUT2D eigenvalue weighted by molar-refractivity contribution is 6.33. The molecule has 0 atom stereocenters. The summed E-state index contributed by atoms with van der Waals surface area (Å²) in [6.45, 7) is 0. The summed E-state index contributed by atoms with van der Waals surface area (Å²) < 4.78 is 44.3. The average Bonchev–Trinajstić information content (AvgIpc) is 2.58. The first kappa shape index (κ1) is 17.0. The molecule has 0 aliphatic rings. The molecule has 0 fully saturated rings. The number of nitrogens with one attached hydrogen (secondary N) is 1. The molecule has 0 spiro atoms. The molecule has 0 aliphatic heterocycles. The normalized spacial score (nSPS) is 11.4. The highest BCUT2D eigenvalue weighted by Gasteiger charge is 2.34. The van der Waals surface area contributed by atoms with Gasteiger partial charge in [-0.3, -0.25) is 4.79 Å². The van der Waals surface area contributed by atoms with Crippen LogP contribution in [0.15, 0.2) is 59.5 Å². The van der Waals surface area contributed by atoms with Crippen LogP contribution in [0.25, 0.3) is 11.1 Å². The number of aromatic amines is 1. The third kappa shape index (κ3) is 3.66. The predicted octanol–water partition coefficient (Wildman–Crippen LogP) is 4.90. The van der Waals surface area contributed by atoms with Gasteiger partial charge < -0.3 is 4.74 Å². The van der Waals surface area contributed by atoms with Gasteiger partial charge in [0.15, 0.2) is 0 Å². The zero-order valence-electron chi connectivity index (χ0n) is 12.5. The predicted molar refractivity (Wildman–Crippen MR) is 86.8 cm³/mol. The molecule has 0 bridgehead atoms. The average molecular weight is 367 g/mol. The third-order valence-corrected chi connectivity index (χ3v) is 3.76. The van der Waals surface area contributed by atoms with Crippen molar-refractivity contribution in [1.82, 2.24) is 10.2 Å². The van der Waals surface area contributed by atoms with Gasteiger partial charge >= 0.3 is 6.18 Å². The van der Waals surface area contributed by atoms with Crippen molar-refractivity contribution in [3.8, 4) is 22.6 Å². The molecule has 128 valence electrons. The van der Waals surface area contributed by atoms with Gasteiger partial charge in [0.2, 0.25) is 0 Å². The molecule has 8 heteroatoms. The highest BCUT2D eigenvalue weighted by atomic mass is 35.5. The second-order valence-electron chi connectivity index (χ2n) is 5.05. The monoisotopic (exact) mass is 366 g/mol. The molecule has 1 heterocycles. The van der Waals surface area contributed by atoms with Crippen LogP contribution in [0.2, 0.25) is 5.02 Å². The molecule has 3 aromatic rings. The van der Waals surface area contributed by atoms with E-state index in [4.69, 9.17) is 16.3 Å². The summed E-state index contributed by atoms with van der Waals surface area (Å²) in [4.78, 5) is 11.5. The molecular weight excluding hydrogens is 357 g/mol. The number of halogens is 4. The molecule has 0 unspecified atom stereocenters. The van der Waals surface area contributed by atoms with Crippen LogP contribution in [0.4, 0.5) is 13.2 Å². The van der Waals surface area contributed by atoms with Gasteiger partial charge in [-0.05, 0) is 29.8 Å². The Morgan fingerprint density at radius 3 is 2.40 bits per heavy atom. The standard InChI is InChI=1S/C17H10ClF3N2O2/c18-15-12(9-22-23-16(15)24)10-5-7-11(8-6-10)25-14-4-2-1-3-13(14)17(19,20)21/h1-9H,(H,23,24). The molecule has 3 rings (SSSR count). The molecule has 2 aromatic carbocycles. The summed E-state index contributed by atoms with van der Waals surface area (Å²) in [6.07, 6.45) is -3.13. The van der Waals surface area contributed by atoms with E-state index in [9.17, 15) is 18.0 Å². The Hall–Kier alpha value is -2.80. The number of alkyl halides is 3. The van der Waals surface area contributed by atoms with Crippen LogP contribution in [0.5, 0.6) is 11.5 Å². The van der Waals surface area contributed by atoms with Gasteiger partial charge in [-0.15, -0.1) is 0 Å². The summed E-state index contributed by atoms with van der Waals surface area (Å²) in [5.74, 6) is -0.0759. The lowest BCUT2D eigenvalue weighted by atomic mass is 10.1. The molecule has 25 heavy (non-hydrogen) atoms. The molecule has 0 saturated carbocycles. The number of aromatic nitrogens is 2. The quantitative estimate of drug-likeness (QED) is 0.717. The summed E-state index contributed by atoms with van der Waals surface area (Å²) in [7, 11) is 0. The van der Waals surface area contributed by atoms with Crippen molar-refractivity contribution >= 4 is 11.6 Å². The Labute approximate surface area is 144 Å². The Morgan fingerprint density at radius 1 is 1.04 bits per heavy atom. The topological polar surface area (TPSA) is 55.0 Å². The number of H-pyrrole nitrogens is 1. The van der Waals surface area contributed by atoms with E-state index in [1.807, 2.05) is 0 Å². The number of benzene rings is 2. The van der Waals surface area contributed by atoms with E-state index < -0.39 is 17.3 Å². The SMILES string of the molecule is O=c1[nH]ncc(-c2ccc(Oc3ccccc3C(F)(F)F)cc2)c1Cl. The van der Waals surface area contributed by atoms with E-state index in [1.54, 1.807) is 12.1 Å². The van der Waals surface area contributed by atoms with Crippen molar-refractivity contribution in [1.29, 1.82) is 0 Å². The molecule has 0 saturated heterocycles.